The monoisotopic (exact) mass is 434 g/mol. The number of hydrogen-bond acceptors (Lipinski definition) is 3. The van der Waals surface area contributed by atoms with Gasteiger partial charge in [-0.25, -0.2) is 0 Å². The van der Waals surface area contributed by atoms with E-state index in [0.717, 1.165) is 42.5 Å². The van der Waals surface area contributed by atoms with Crippen LogP contribution in [0.15, 0.2) is 36.9 Å². The van der Waals surface area contributed by atoms with Crippen LogP contribution in [0.1, 0.15) is 27.7 Å². The van der Waals surface area contributed by atoms with Crippen LogP contribution in [-0.2, 0) is 35.0 Å². The van der Waals surface area contributed by atoms with Gasteiger partial charge in [0.15, 0.2) is 0 Å². The topological polar surface area (TPSA) is 45.3 Å². The van der Waals surface area contributed by atoms with E-state index >= 15 is 0 Å². The van der Waals surface area contributed by atoms with Gasteiger partial charge in [0, 0.05) is 5.75 Å². The summed E-state index contributed by atoms with van der Waals surface area (Å²) >= 11 is 8.12. The van der Waals surface area contributed by atoms with Crippen molar-refractivity contribution in [3.05, 3.63) is 47.6 Å². The molecule has 0 aliphatic carbocycles. The Morgan fingerprint density at radius 1 is 1.13 bits per heavy atom. The van der Waals surface area contributed by atoms with E-state index in [2.05, 4.69) is 25.7 Å². The van der Waals surface area contributed by atoms with Crippen LogP contribution in [0.4, 0.5) is 11.4 Å². The van der Waals surface area contributed by atoms with Gasteiger partial charge >= 0.3 is 22.4 Å². The van der Waals surface area contributed by atoms with Crippen molar-refractivity contribution in [1.82, 2.24) is 0 Å². The second kappa shape index (κ2) is 11.3. The van der Waals surface area contributed by atoms with Crippen LogP contribution >= 0.6 is 11.8 Å². The fraction of sp³-hybridized carbons (Fsp3) is 0.529. The number of hydrogen-bond donors (Lipinski definition) is 0. The molecule has 1 rings (SSSR count). The minimum atomic E-state index is -0.216. The summed E-state index contributed by atoms with van der Waals surface area (Å²) in [6.45, 7) is 13.6. The van der Waals surface area contributed by atoms with E-state index in [1.54, 1.807) is 0 Å². The van der Waals surface area contributed by atoms with Crippen molar-refractivity contribution >= 4 is 35.8 Å². The Bertz CT molecular complexity index is 476. The summed E-state index contributed by atoms with van der Waals surface area (Å²) in [5.41, 5.74) is 1.88. The van der Waals surface area contributed by atoms with Crippen LogP contribution in [0.5, 0.6) is 0 Å². The summed E-state index contributed by atoms with van der Waals surface area (Å²) in [6, 6.07) is 8.01. The van der Waals surface area contributed by atoms with Gasteiger partial charge in [-0.1, -0.05) is 58.0 Å². The summed E-state index contributed by atoms with van der Waals surface area (Å²) in [7, 11) is 0. The molecule has 0 saturated heterocycles. The molecular formula is C17H25N2OS2Tc. The molecule has 128 valence electrons. The predicted octanol–water partition coefficient (Wildman–Crippen LogP) is 5.60. The molecule has 0 aliphatic heterocycles. The minimum absolute atomic E-state index is 0.0958. The summed E-state index contributed by atoms with van der Waals surface area (Å²) in [6.07, 6.45) is 1.93. The second-order valence-corrected chi connectivity index (χ2v) is 9.07. The van der Waals surface area contributed by atoms with E-state index in [1.807, 2.05) is 56.0 Å². The molecule has 0 N–H and O–H groups in total. The third-order valence-electron chi connectivity index (χ3n) is 2.73. The molecule has 0 radical (unpaired) electrons. The molecule has 23 heavy (non-hydrogen) atoms. The Balaban J connectivity index is 0.00000232. The number of thioether (sulfide) groups is 1. The number of benzene rings is 1. The summed E-state index contributed by atoms with van der Waals surface area (Å²) in [5.74, 6) is 0.943. The average molecular weight is 436 g/mol. The predicted molar refractivity (Wildman–Crippen MR) is 101 cm³/mol. The molecule has 1 aromatic rings. The fourth-order valence-corrected chi connectivity index (χ4v) is 2.40. The van der Waals surface area contributed by atoms with Crippen molar-refractivity contribution in [3.63, 3.8) is 0 Å². The van der Waals surface area contributed by atoms with Crippen molar-refractivity contribution in [2.45, 2.75) is 37.2 Å². The summed E-state index contributed by atoms with van der Waals surface area (Å²) in [5, 5.41) is 9.37. The molecule has 0 atom stereocenters. The molecule has 0 fully saturated rings. The van der Waals surface area contributed by atoms with Gasteiger partial charge in [-0.15, -0.1) is 19.7 Å². The van der Waals surface area contributed by atoms with Gasteiger partial charge < -0.3 is 23.3 Å². The van der Waals surface area contributed by atoms with Gasteiger partial charge in [0.25, 0.3) is 0 Å². The molecule has 0 aliphatic rings. The molecular weight excluding hydrogens is 410 g/mol. The molecule has 0 saturated carbocycles. The first-order valence-electron chi connectivity index (χ1n) is 7.28. The molecule has 6 heteroatoms. The number of rotatable bonds is 9. The van der Waals surface area contributed by atoms with Crippen molar-refractivity contribution in [2.24, 2.45) is 0 Å². The van der Waals surface area contributed by atoms with Gasteiger partial charge in [0.1, 0.15) is 0 Å². The van der Waals surface area contributed by atoms with Crippen molar-refractivity contribution < 1.29 is 22.4 Å². The van der Waals surface area contributed by atoms with E-state index in [9.17, 15) is 0 Å². The van der Waals surface area contributed by atoms with E-state index < -0.39 is 0 Å². The SMILES string of the molecule is C=CCSC(C)(C)C[N-]c1ccccc1[N-]CC(C)(C)[S-].[O]=[Tc+3]. The van der Waals surface area contributed by atoms with Crippen LogP contribution < -0.4 is 0 Å². The third kappa shape index (κ3) is 11.0. The molecule has 0 aromatic heterocycles. The van der Waals surface area contributed by atoms with E-state index in [4.69, 9.17) is 21.4 Å². The number of nitrogens with zero attached hydrogens (tertiary/aromatic N) is 2. The van der Waals surface area contributed by atoms with Crippen LogP contribution in [0.25, 0.3) is 10.6 Å². The van der Waals surface area contributed by atoms with Gasteiger partial charge in [0.05, 0.1) is 0 Å². The van der Waals surface area contributed by atoms with Crippen molar-refractivity contribution in [2.75, 3.05) is 18.8 Å². The maximum absolute atomic E-state index is 8.22. The molecule has 0 bridgehead atoms. The van der Waals surface area contributed by atoms with Crippen LogP contribution in [0, 0.1) is 0 Å². The Morgan fingerprint density at radius 3 is 2.04 bits per heavy atom. The Labute approximate surface area is 161 Å². The molecule has 1 aromatic carbocycles. The van der Waals surface area contributed by atoms with E-state index in [-0.39, 0.29) is 9.49 Å². The van der Waals surface area contributed by atoms with Crippen molar-refractivity contribution in [3.8, 4) is 0 Å². The Morgan fingerprint density at radius 2 is 1.61 bits per heavy atom. The zero-order valence-electron chi connectivity index (χ0n) is 14.2. The fourth-order valence-electron chi connectivity index (χ4n) is 1.61. The quantitative estimate of drug-likeness (QED) is 0.375. The molecule has 0 spiro atoms. The second-order valence-electron chi connectivity index (χ2n) is 6.24. The summed E-state index contributed by atoms with van der Waals surface area (Å²) < 4.78 is 8.10. The first-order valence-corrected chi connectivity index (χ1v) is 9.43. The third-order valence-corrected chi connectivity index (χ3v) is 4.18. The van der Waals surface area contributed by atoms with Gasteiger partial charge in [-0.2, -0.15) is 27.9 Å². The van der Waals surface area contributed by atoms with Gasteiger partial charge in [-0.3, -0.25) is 0 Å². The van der Waals surface area contributed by atoms with E-state index in [0.29, 0.717) is 6.54 Å². The van der Waals surface area contributed by atoms with Crippen LogP contribution in [-0.4, -0.2) is 28.3 Å². The zero-order valence-corrected chi connectivity index (χ0v) is 17.7. The van der Waals surface area contributed by atoms with Crippen LogP contribution in [0.3, 0.4) is 0 Å². The first-order chi connectivity index (χ1) is 10.7. The maximum atomic E-state index is 8.22. The molecule has 0 unspecified atom stereocenters. The standard InChI is InChI=1S/C17H26N2S2.O.Tc/c1-6-11-21-17(4,5)13-19-15-10-8-7-9-14(15)18-12-16(2,3)20;;/h6-10,20H,1,11-13H2,2-5H3;;/q-2;;+3/p-1. The first kappa shape index (κ1) is 22.7. The Kier molecular flexibility index (Phi) is 11.2. The van der Waals surface area contributed by atoms with E-state index in [1.165, 1.54) is 0 Å². The Hall–Kier alpha value is -0.291. The number of para-hydroxylation sites is 2. The van der Waals surface area contributed by atoms with Gasteiger partial charge in [0.2, 0.25) is 0 Å². The average Bonchev–Trinajstić information content (AvgIpc) is 2.51. The molecule has 0 amide bonds. The van der Waals surface area contributed by atoms with Crippen LogP contribution in [0.2, 0.25) is 0 Å². The normalized spacial score (nSPS) is 11.1. The summed E-state index contributed by atoms with van der Waals surface area (Å²) in [4.78, 5) is 0. The van der Waals surface area contributed by atoms with Gasteiger partial charge in [-0.05, 0) is 4.75 Å². The van der Waals surface area contributed by atoms with Crippen molar-refractivity contribution in [1.29, 1.82) is 0 Å². The molecule has 3 nitrogen and oxygen atoms in total. The zero-order chi connectivity index (χ0) is 17.9. The molecule has 0 heterocycles.